The molecule has 31 heavy (non-hydrogen) atoms. The number of halogens is 2. The monoisotopic (exact) mass is 434 g/mol. The lowest BCUT2D eigenvalue weighted by Crippen LogP contribution is -2.51. The number of methoxy groups -OCH3 is 1. The number of hydrogen-bond donors (Lipinski definition) is 1. The van der Waals surface area contributed by atoms with Crippen LogP contribution in [0.3, 0.4) is 0 Å². The molecular formula is C20H20F2N4O5. The maximum atomic E-state index is 13.2. The first-order valence-corrected chi connectivity index (χ1v) is 10.0. The molecule has 3 amide bonds. The van der Waals surface area contributed by atoms with E-state index in [0.29, 0.717) is 5.56 Å². The highest BCUT2D eigenvalue weighted by Gasteiger charge is 2.65. The van der Waals surface area contributed by atoms with Crippen LogP contribution in [0.4, 0.5) is 13.6 Å². The SMILES string of the molecule is COc1cc(-c2noc(CN3C(=O)NC(C4CC4)(C4CC4)C3=O)n2)ccc1OC(F)F. The summed E-state index contributed by atoms with van der Waals surface area (Å²) in [6.45, 7) is -3.12. The summed E-state index contributed by atoms with van der Waals surface area (Å²) in [7, 11) is 1.32. The Balaban J connectivity index is 1.34. The molecule has 5 rings (SSSR count). The summed E-state index contributed by atoms with van der Waals surface area (Å²) in [4.78, 5) is 31.1. The number of urea groups is 1. The number of carbonyl (C=O) groups excluding carboxylic acids is 2. The summed E-state index contributed by atoms with van der Waals surface area (Å²) in [5, 5.41) is 6.82. The number of aromatic nitrogens is 2. The molecule has 11 heteroatoms. The third-order valence-electron chi connectivity index (χ3n) is 6.00. The zero-order valence-corrected chi connectivity index (χ0v) is 16.6. The molecule has 1 saturated heterocycles. The van der Waals surface area contributed by atoms with Gasteiger partial charge in [0, 0.05) is 5.56 Å². The van der Waals surface area contributed by atoms with Crippen LogP contribution in [0.5, 0.6) is 11.5 Å². The molecule has 164 valence electrons. The molecule has 1 N–H and O–H groups in total. The Kier molecular flexibility index (Phi) is 4.56. The summed E-state index contributed by atoms with van der Waals surface area (Å²) < 4.78 is 39.7. The summed E-state index contributed by atoms with van der Waals surface area (Å²) in [5.74, 6) is 0.379. The van der Waals surface area contributed by atoms with Crippen LogP contribution in [0, 0.1) is 11.8 Å². The molecule has 1 aromatic carbocycles. The number of rotatable bonds is 8. The van der Waals surface area contributed by atoms with E-state index in [1.807, 2.05) is 0 Å². The van der Waals surface area contributed by atoms with Crippen LogP contribution >= 0.6 is 0 Å². The van der Waals surface area contributed by atoms with E-state index in [1.165, 1.54) is 25.3 Å². The van der Waals surface area contributed by atoms with Crippen LogP contribution in [0.1, 0.15) is 31.6 Å². The molecule has 2 aromatic rings. The first-order chi connectivity index (χ1) is 14.9. The Morgan fingerprint density at radius 1 is 1.23 bits per heavy atom. The van der Waals surface area contributed by atoms with Gasteiger partial charge in [0.15, 0.2) is 11.5 Å². The van der Waals surface area contributed by atoms with Gasteiger partial charge in [-0.3, -0.25) is 9.69 Å². The van der Waals surface area contributed by atoms with Crippen LogP contribution in [0.25, 0.3) is 11.4 Å². The third-order valence-corrected chi connectivity index (χ3v) is 6.00. The van der Waals surface area contributed by atoms with Crippen LogP contribution in [-0.4, -0.2) is 46.2 Å². The molecule has 3 fully saturated rings. The van der Waals surface area contributed by atoms with Gasteiger partial charge >= 0.3 is 12.6 Å². The summed E-state index contributed by atoms with van der Waals surface area (Å²) in [6.07, 6.45) is 3.75. The zero-order valence-electron chi connectivity index (χ0n) is 16.6. The van der Waals surface area contributed by atoms with Gasteiger partial charge in [-0.2, -0.15) is 13.8 Å². The molecular weight excluding hydrogens is 414 g/mol. The largest absolute Gasteiger partial charge is 0.493 e. The minimum atomic E-state index is -2.99. The van der Waals surface area contributed by atoms with Gasteiger partial charge in [0.05, 0.1) is 7.11 Å². The first kappa shape index (κ1) is 19.7. The van der Waals surface area contributed by atoms with Crippen molar-refractivity contribution in [2.45, 2.75) is 44.4 Å². The molecule has 2 heterocycles. The zero-order chi connectivity index (χ0) is 21.8. The normalized spacial score (nSPS) is 20.3. The number of nitrogens with zero attached hydrogens (tertiary/aromatic N) is 3. The predicted octanol–water partition coefficient (Wildman–Crippen LogP) is 2.96. The van der Waals surface area contributed by atoms with Crippen molar-refractivity contribution in [3.63, 3.8) is 0 Å². The molecule has 2 aliphatic carbocycles. The second-order valence-corrected chi connectivity index (χ2v) is 7.99. The van der Waals surface area contributed by atoms with Gasteiger partial charge in [-0.1, -0.05) is 5.16 Å². The average molecular weight is 434 g/mol. The average Bonchev–Trinajstić information content (AvgIpc) is 3.67. The van der Waals surface area contributed by atoms with E-state index in [2.05, 4.69) is 20.2 Å². The third kappa shape index (κ3) is 3.37. The smallest absolute Gasteiger partial charge is 0.387 e. The van der Waals surface area contributed by atoms with Gasteiger partial charge < -0.3 is 19.3 Å². The fraction of sp³-hybridized carbons (Fsp3) is 0.500. The number of ether oxygens (including phenoxy) is 2. The Morgan fingerprint density at radius 2 is 1.94 bits per heavy atom. The lowest BCUT2D eigenvalue weighted by atomic mass is 9.87. The molecule has 3 aliphatic rings. The molecule has 0 atom stereocenters. The number of nitrogens with one attached hydrogen (secondary N) is 1. The van der Waals surface area contributed by atoms with Crippen molar-refractivity contribution in [2.75, 3.05) is 7.11 Å². The Labute approximate surface area is 175 Å². The Bertz CT molecular complexity index is 1020. The van der Waals surface area contributed by atoms with Crippen molar-refractivity contribution in [3.05, 3.63) is 24.1 Å². The molecule has 2 saturated carbocycles. The van der Waals surface area contributed by atoms with Crippen molar-refractivity contribution in [3.8, 4) is 22.9 Å². The lowest BCUT2D eigenvalue weighted by molar-refractivity contribution is -0.133. The Hall–Kier alpha value is -3.24. The highest BCUT2D eigenvalue weighted by Crippen LogP contribution is 2.54. The van der Waals surface area contributed by atoms with Crippen LogP contribution < -0.4 is 14.8 Å². The van der Waals surface area contributed by atoms with Gasteiger partial charge in [0.25, 0.3) is 5.91 Å². The van der Waals surface area contributed by atoms with E-state index in [1.54, 1.807) is 0 Å². The van der Waals surface area contributed by atoms with E-state index < -0.39 is 18.2 Å². The Morgan fingerprint density at radius 3 is 2.55 bits per heavy atom. The maximum Gasteiger partial charge on any atom is 0.387 e. The maximum absolute atomic E-state index is 13.2. The van der Waals surface area contributed by atoms with E-state index in [-0.39, 0.29) is 47.5 Å². The molecule has 0 bridgehead atoms. The molecule has 9 nitrogen and oxygen atoms in total. The van der Waals surface area contributed by atoms with E-state index in [4.69, 9.17) is 9.26 Å². The van der Waals surface area contributed by atoms with Gasteiger partial charge in [-0.15, -0.1) is 0 Å². The quantitative estimate of drug-likeness (QED) is 0.637. The fourth-order valence-electron chi connectivity index (χ4n) is 4.29. The molecule has 1 aliphatic heterocycles. The minimum absolute atomic E-state index is 0.0805. The van der Waals surface area contributed by atoms with E-state index in [0.717, 1.165) is 30.6 Å². The molecule has 0 unspecified atom stereocenters. The van der Waals surface area contributed by atoms with Crippen molar-refractivity contribution < 1.29 is 32.4 Å². The number of hydrogen-bond acceptors (Lipinski definition) is 7. The highest BCUT2D eigenvalue weighted by molar-refractivity contribution is 6.07. The van der Waals surface area contributed by atoms with Crippen LogP contribution in [0.15, 0.2) is 22.7 Å². The number of benzene rings is 1. The molecule has 1 aromatic heterocycles. The van der Waals surface area contributed by atoms with Crippen molar-refractivity contribution in [1.82, 2.24) is 20.4 Å². The van der Waals surface area contributed by atoms with Gasteiger partial charge in [-0.05, 0) is 55.7 Å². The number of alkyl halides is 2. The van der Waals surface area contributed by atoms with Gasteiger partial charge in [0.2, 0.25) is 11.7 Å². The van der Waals surface area contributed by atoms with E-state index >= 15 is 0 Å². The number of amides is 3. The van der Waals surface area contributed by atoms with Crippen molar-refractivity contribution in [1.29, 1.82) is 0 Å². The lowest BCUT2D eigenvalue weighted by Gasteiger charge is -2.26. The van der Waals surface area contributed by atoms with Crippen LogP contribution in [-0.2, 0) is 11.3 Å². The summed E-state index contributed by atoms with van der Waals surface area (Å²) >= 11 is 0. The first-order valence-electron chi connectivity index (χ1n) is 10.0. The summed E-state index contributed by atoms with van der Waals surface area (Å²) in [6, 6.07) is 3.78. The summed E-state index contributed by atoms with van der Waals surface area (Å²) in [5.41, 5.74) is -0.343. The highest BCUT2D eigenvalue weighted by atomic mass is 19.3. The molecule has 0 spiro atoms. The molecule has 0 radical (unpaired) electrons. The minimum Gasteiger partial charge on any atom is -0.493 e. The van der Waals surface area contributed by atoms with E-state index in [9.17, 15) is 18.4 Å². The second-order valence-electron chi connectivity index (χ2n) is 7.99. The van der Waals surface area contributed by atoms with Gasteiger partial charge in [-0.25, -0.2) is 4.79 Å². The fourth-order valence-corrected chi connectivity index (χ4v) is 4.29. The van der Waals surface area contributed by atoms with Crippen LogP contribution in [0.2, 0.25) is 0 Å². The topological polar surface area (TPSA) is 107 Å². The number of imide groups is 1. The number of carbonyl (C=O) groups is 2. The van der Waals surface area contributed by atoms with Crippen molar-refractivity contribution >= 4 is 11.9 Å². The van der Waals surface area contributed by atoms with Crippen molar-refractivity contribution in [2.24, 2.45) is 11.8 Å². The van der Waals surface area contributed by atoms with Gasteiger partial charge in [0.1, 0.15) is 12.1 Å². The predicted molar refractivity (Wildman–Crippen MR) is 100 cm³/mol. The standard InChI is InChI=1S/C20H20F2N4O5/c1-29-14-8-10(2-7-13(14)30-18(21)22)16-23-15(31-25-16)9-26-17(27)20(11-3-4-11,12-5-6-12)24-19(26)28/h2,7-8,11-12,18H,3-6,9H2,1H3,(H,24,28). The second kappa shape index (κ2) is 7.17.